The smallest absolute Gasteiger partial charge is 0.164 e. The van der Waals surface area contributed by atoms with Gasteiger partial charge in [-0.15, -0.1) is 0 Å². The van der Waals surface area contributed by atoms with Crippen molar-refractivity contribution < 1.29 is 0 Å². The molecule has 1 aliphatic heterocycles. The highest BCUT2D eigenvalue weighted by Gasteiger charge is 2.52. The number of aromatic nitrogens is 5. The zero-order valence-electron chi connectivity index (χ0n) is 42.8. The first-order chi connectivity index (χ1) is 39.6. The second kappa shape index (κ2) is 17.4. The molecular formula is C72H42N8. The van der Waals surface area contributed by atoms with E-state index in [4.69, 9.17) is 15.0 Å². The lowest BCUT2D eigenvalue weighted by Gasteiger charge is -2.45. The predicted molar refractivity (Wildman–Crippen MR) is 320 cm³/mol. The minimum Gasteiger partial charge on any atom is -0.309 e. The van der Waals surface area contributed by atoms with E-state index in [1.807, 2.05) is 72.8 Å². The van der Waals surface area contributed by atoms with Crippen LogP contribution in [0.1, 0.15) is 33.4 Å². The lowest BCUT2D eigenvalue weighted by molar-refractivity contribution is 0.752. The molecular weight excluding hydrogens is 977 g/mol. The number of para-hydroxylation sites is 6. The fourth-order valence-corrected chi connectivity index (χ4v) is 13.2. The number of hydrogen-bond acceptors (Lipinski definition) is 6. The van der Waals surface area contributed by atoms with Crippen molar-refractivity contribution in [3.8, 4) is 68.8 Å². The zero-order valence-corrected chi connectivity index (χ0v) is 42.8. The topological polar surface area (TPSA) is 99.3 Å². The molecule has 0 bridgehead atoms. The molecule has 80 heavy (non-hydrogen) atoms. The molecule has 1 spiro atoms. The molecule has 0 atom stereocenters. The highest BCUT2D eigenvalue weighted by atomic mass is 15.2. The van der Waals surface area contributed by atoms with Gasteiger partial charge in [-0.2, -0.15) is 10.5 Å². The Labute approximate surface area is 460 Å². The third-order valence-corrected chi connectivity index (χ3v) is 16.4. The Hall–Kier alpha value is -11.2. The van der Waals surface area contributed by atoms with Crippen molar-refractivity contribution in [1.29, 1.82) is 10.5 Å². The Morgan fingerprint density at radius 1 is 0.325 bits per heavy atom. The third kappa shape index (κ3) is 6.39. The summed E-state index contributed by atoms with van der Waals surface area (Å²) in [6.45, 7) is 0. The van der Waals surface area contributed by atoms with Crippen LogP contribution in [0.15, 0.2) is 255 Å². The first-order valence-electron chi connectivity index (χ1n) is 26.7. The quantitative estimate of drug-likeness (QED) is 0.164. The Morgan fingerprint density at radius 2 is 0.675 bits per heavy atom. The van der Waals surface area contributed by atoms with Gasteiger partial charge in [-0.25, -0.2) is 15.0 Å². The maximum Gasteiger partial charge on any atom is 0.164 e. The Bertz CT molecular complexity index is 4590. The van der Waals surface area contributed by atoms with E-state index in [0.717, 1.165) is 89.3 Å². The van der Waals surface area contributed by atoms with Crippen LogP contribution in [-0.2, 0) is 5.41 Å². The van der Waals surface area contributed by atoms with Crippen LogP contribution in [0.4, 0.5) is 17.1 Å². The number of nitriles is 2. The van der Waals surface area contributed by atoms with Gasteiger partial charge in [0.15, 0.2) is 17.5 Å². The highest BCUT2D eigenvalue weighted by Crippen LogP contribution is 2.64. The van der Waals surface area contributed by atoms with Crippen LogP contribution >= 0.6 is 0 Å². The molecule has 0 saturated heterocycles. The summed E-state index contributed by atoms with van der Waals surface area (Å²) in [6.07, 6.45) is 0. The molecule has 0 radical (unpaired) electrons. The summed E-state index contributed by atoms with van der Waals surface area (Å²) in [7, 11) is 0. The summed E-state index contributed by atoms with van der Waals surface area (Å²) < 4.78 is 4.80. The van der Waals surface area contributed by atoms with Crippen molar-refractivity contribution in [3.63, 3.8) is 0 Å². The van der Waals surface area contributed by atoms with Crippen molar-refractivity contribution in [3.05, 3.63) is 288 Å². The molecule has 0 fully saturated rings. The van der Waals surface area contributed by atoms with Gasteiger partial charge in [0, 0.05) is 49.6 Å². The van der Waals surface area contributed by atoms with Gasteiger partial charge in [-0.3, -0.25) is 0 Å². The minimum atomic E-state index is -0.834. The molecule has 4 heterocycles. The Morgan fingerprint density at radius 3 is 1.07 bits per heavy atom. The second-order valence-electron chi connectivity index (χ2n) is 20.5. The molecule has 3 aromatic heterocycles. The monoisotopic (exact) mass is 1020 g/mol. The summed E-state index contributed by atoms with van der Waals surface area (Å²) in [5.74, 6) is 1.33. The molecule has 0 unspecified atom stereocenters. The first-order valence-corrected chi connectivity index (χ1v) is 26.7. The van der Waals surface area contributed by atoms with E-state index in [1.54, 1.807) is 0 Å². The fraction of sp³-hybridized carbons (Fsp3) is 0.0139. The number of hydrogen-bond donors (Lipinski definition) is 0. The summed E-state index contributed by atoms with van der Waals surface area (Å²) in [6, 6.07) is 94.0. The van der Waals surface area contributed by atoms with Crippen LogP contribution in [0.25, 0.3) is 100 Å². The molecule has 0 N–H and O–H groups in total. The molecule has 0 saturated carbocycles. The fourth-order valence-electron chi connectivity index (χ4n) is 13.2. The van der Waals surface area contributed by atoms with Crippen molar-refractivity contribution in [1.82, 2.24) is 24.1 Å². The molecule has 1 aliphatic carbocycles. The van der Waals surface area contributed by atoms with Gasteiger partial charge in [0.2, 0.25) is 0 Å². The van der Waals surface area contributed by atoms with Crippen molar-refractivity contribution in [2.24, 2.45) is 0 Å². The van der Waals surface area contributed by atoms with E-state index in [2.05, 4.69) is 208 Å². The SMILES string of the molecule is N#Cc1cc(-c2nc(-c3ccccc3)nc(-c3ccccc3)n2)cc(C#N)c1N1c2ccccc2C2(c3ccc(-n4c5ccccc5c5ccccc54)cc3-c3cc(-n4c5ccccc5c5ccccc54)ccc32)c2ccccc21. The largest absolute Gasteiger partial charge is 0.309 e. The van der Waals surface area contributed by atoms with Gasteiger partial charge >= 0.3 is 0 Å². The average Bonchev–Trinajstić information content (AvgIpc) is 3.95. The van der Waals surface area contributed by atoms with Crippen LogP contribution in [0, 0.1) is 22.7 Å². The minimum absolute atomic E-state index is 0.307. The van der Waals surface area contributed by atoms with Gasteiger partial charge in [0.05, 0.1) is 55.7 Å². The van der Waals surface area contributed by atoms with Crippen LogP contribution in [-0.4, -0.2) is 24.1 Å². The van der Waals surface area contributed by atoms with Gasteiger partial charge in [-0.05, 0) is 106 Å². The summed E-state index contributed by atoms with van der Waals surface area (Å²) in [5.41, 5.74) is 17.4. The lowest BCUT2D eigenvalue weighted by atomic mass is 9.64. The van der Waals surface area contributed by atoms with E-state index in [1.165, 1.54) is 21.5 Å². The van der Waals surface area contributed by atoms with Crippen molar-refractivity contribution >= 4 is 60.7 Å². The number of anilines is 3. The van der Waals surface area contributed by atoms with Gasteiger partial charge < -0.3 is 14.0 Å². The lowest BCUT2D eigenvalue weighted by Crippen LogP contribution is -2.36. The molecule has 0 amide bonds. The average molecular weight is 1020 g/mol. The molecule has 11 aromatic carbocycles. The second-order valence-corrected chi connectivity index (χ2v) is 20.5. The molecule has 8 heteroatoms. The van der Waals surface area contributed by atoms with Crippen LogP contribution in [0.2, 0.25) is 0 Å². The zero-order chi connectivity index (χ0) is 53.1. The first kappa shape index (κ1) is 45.0. The molecule has 370 valence electrons. The maximum atomic E-state index is 11.4. The summed E-state index contributed by atoms with van der Waals surface area (Å²) >= 11 is 0. The Kier molecular flexibility index (Phi) is 9.81. The van der Waals surface area contributed by atoms with Crippen molar-refractivity contribution in [2.45, 2.75) is 5.41 Å². The molecule has 14 aromatic rings. The maximum absolute atomic E-state index is 11.4. The van der Waals surface area contributed by atoms with Crippen LogP contribution in [0.3, 0.4) is 0 Å². The molecule has 16 rings (SSSR count). The van der Waals surface area contributed by atoms with Gasteiger partial charge in [0.1, 0.15) is 12.1 Å². The van der Waals surface area contributed by atoms with Crippen LogP contribution < -0.4 is 4.90 Å². The third-order valence-electron chi connectivity index (χ3n) is 16.4. The molecule has 8 nitrogen and oxygen atoms in total. The van der Waals surface area contributed by atoms with E-state index < -0.39 is 5.41 Å². The molecule has 2 aliphatic rings. The number of benzene rings is 11. The van der Waals surface area contributed by atoms with Crippen LogP contribution in [0.5, 0.6) is 0 Å². The van der Waals surface area contributed by atoms with E-state index in [-0.39, 0.29) is 0 Å². The number of nitrogens with zero attached hydrogens (tertiary/aromatic N) is 8. The summed E-state index contributed by atoms with van der Waals surface area (Å²) in [5, 5.41) is 27.6. The highest BCUT2D eigenvalue weighted by molar-refractivity contribution is 6.11. The van der Waals surface area contributed by atoms with Crippen molar-refractivity contribution in [2.75, 3.05) is 4.90 Å². The number of rotatable bonds is 6. The summed E-state index contributed by atoms with van der Waals surface area (Å²) in [4.78, 5) is 17.0. The van der Waals surface area contributed by atoms with Gasteiger partial charge in [-0.1, -0.05) is 182 Å². The van der Waals surface area contributed by atoms with Gasteiger partial charge in [0.25, 0.3) is 0 Å². The standard InChI is InChI=1S/C72H42N8/c73-43-48-39-47(71-76-69(45-19-3-1-4-20-45)75-70(77-71)46-21-5-2-6-22-46)40-49(44-74)68(48)80-66-33-17-11-27-60(66)72(61-28-12-18-34-67(61)80)58-37-35-50(78-62-29-13-7-23-52(62)53-24-8-14-30-63(53)78)41-56(58)57-42-51(36-38-59(57)72)79-64-31-15-9-25-54(64)55-26-10-16-32-65(55)79/h1-42H. The van der Waals surface area contributed by atoms with E-state index in [0.29, 0.717) is 39.9 Å². The normalized spacial score (nSPS) is 12.8. The predicted octanol–water partition coefficient (Wildman–Crippen LogP) is 17.0. The van der Waals surface area contributed by atoms with E-state index in [9.17, 15) is 10.5 Å². The van der Waals surface area contributed by atoms with E-state index >= 15 is 0 Å². The Balaban J connectivity index is 0.937. The number of fused-ring (bicyclic) bond motifs is 15.